The van der Waals surface area contributed by atoms with Gasteiger partial charge in [-0.1, -0.05) is 0 Å². The maximum atomic E-state index is 12.3. The Bertz CT molecular complexity index is 667. The first kappa shape index (κ1) is 18.0. The molecule has 3 rings (SSSR count). The number of carbonyl (C=O) groups is 3. The van der Waals surface area contributed by atoms with Crippen LogP contribution in [0.1, 0.15) is 52.5 Å². The minimum atomic E-state index is -0.122. The zero-order valence-corrected chi connectivity index (χ0v) is 15.3. The molecule has 0 aromatic carbocycles. The average molecular weight is 364 g/mol. The molecule has 7 nitrogen and oxygen atoms in total. The minimum absolute atomic E-state index is 0.0198. The average Bonchev–Trinajstić information content (AvgIpc) is 3.05. The van der Waals surface area contributed by atoms with Crippen molar-refractivity contribution < 1.29 is 14.4 Å². The molecule has 0 aliphatic carbocycles. The molecule has 2 amide bonds. The van der Waals surface area contributed by atoms with Gasteiger partial charge in [0.25, 0.3) is 5.91 Å². The highest BCUT2D eigenvalue weighted by Crippen LogP contribution is 2.19. The first-order valence-electron chi connectivity index (χ1n) is 8.63. The lowest BCUT2D eigenvalue weighted by Gasteiger charge is -2.41. The van der Waals surface area contributed by atoms with Crippen molar-refractivity contribution in [2.75, 3.05) is 13.1 Å². The van der Waals surface area contributed by atoms with E-state index in [1.807, 2.05) is 6.92 Å². The molecule has 3 N–H and O–H groups in total. The van der Waals surface area contributed by atoms with Gasteiger partial charge in [-0.3, -0.25) is 24.6 Å². The summed E-state index contributed by atoms with van der Waals surface area (Å²) in [6.45, 7) is 5.12. The normalized spacial score (nSPS) is 25.4. The monoisotopic (exact) mass is 364 g/mol. The predicted molar refractivity (Wildman–Crippen MR) is 95.5 cm³/mol. The molecule has 0 saturated carbocycles. The number of hydrogen-bond acceptors (Lipinski definition) is 6. The van der Waals surface area contributed by atoms with Crippen LogP contribution >= 0.6 is 11.3 Å². The number of piperidine rings is 1. The summed E-state index contributed by atoms with van der Waals surface area (Å²) in [5, 5.41) is 9.41. The van der Waals surface area contributed by atoms with Crippen molar-refractivity contribution in [1.29, 1.82) is 0 Å². The van der Waals surface area contributed by atoms with Crippen LogP contribution in [-0.4, -0.2) is 54.0 Å². The molecule has 2 atom stereocenters. The first-order chi connectivity index (χ1) is 11.9. The van der Waals surface area contributed by atoms with Gasteiger partial charge in [0.1, 0.15) is 6.29 Å². The molecule has 0 bridgehead atoms. The summed E-state index contributed by atoms with van der Waals surface area (Å²) in [7, 11) is 0. The van der Waals surface area contributed by atoms with Crippen LogP contribution in [0.4, 0.5) is 0 Å². The summed E-state index contributed by atoms with van der Waals surface area (Å²) in [5.41, 5.74) is 0. The van der Waals surface area contributed by atoms with Gasteiger partial charge in [-0.05, 0) is 38.8 Å². The van der Waals surface area contributed by atoms with Crippen LogP contribution in [0.15, 0.2) is 12.1 Å². The maximum absolute atomic E-state index is 12.3. The van der Waals surface area contributed by atoms with E-state index in [0.717, 1.165) is 25.9 Å². The molecular weight excluding hydrogens is 340 g/mol. The van der Waals surface area contributed by atoms with Crippen LogP contribution in [0.25, 0.3) is 0 Å². The third kappa shape index (κ3) is 4.45. The second kappa shape index (κ2) is 7.63. The zero-order chi connectivity index (χ0) is 18.0. The van der Waals surface area contributed by atoms with Gasteiger partial charge in [0.15, 0.2) is 5.78 Å². The van der Waals surface area contributed by atoms with Crippen molar-refractivity contribution in [2.24, 2.45) is 0 Å². The fraction of sp³-hybridized carbons (Fsp3) is 0.588. The van der Waals surface area contributed by atoms with Crippen LogP contribution in [0, 0.1) is 0 Å². The van der Waals surface area contributed by atoms with E-state index in [9.17, 15) is 14.4 Å². The smallest absolute Gasteiger partial charge is 0.261 e. The van der Waals surface area contributed by atoms with Crippen LogP contribution < -0.4 is 16.0 Å². The number of likely N-dealkylation sites (tertiary alicyclic amines) is 1. The standard InChI is InChI=1S/C17H24N4O3S/c1-10-9-15(23)20-17(18-10)21-7-5-12(6-8-21)19-16(24)14-4-3-13(25-14)11(2)22/h3-4,10,12,17-18H,5-9H2,1-2H3,(H,19,24)(H,20,23). The number of nitrogens with zero attached hydrogens (tertiary/aromatic N) is 1. The van der Waals surface area contributed by atoms with E-state index in [4.69, 9.17) is 0 Å². The Kier molecular flexibility index (Phi) is 5.51. The number of thiophene rings is 1. The Morgan fingerprint density at radius 2 is 1.92 bits per heavy atom. The number of hydrogen-bond donors (Lipinski definition) is 3. The lowest BCUT2D eigenvalue weighted by atomic mass is 10.0. The molecule has 1 aromatic heterocycles. The lowest BCUT2D eigenvalue weighted by Crippen LogP contribution is -2.65. The van der Waals surface area contributed by atoms with Crippen molar-refractivity contribution >= 4 is 28.9 Å². The third-order valence-electron chi connectivity index (χ3n) is 4.64. The fourth-order valence-corrected chi connectivity index (χ4v) is 4.07. The van der Waals surface area contributed by atoms with Crippen LogP contribution in [0.5, 0.6) is 0 Å². The largest absolute Gasteiger partial charge is 0.349 e. The maximum Gasteiger partial charge on any atom is 0.261 e. The number of carbonyl (C=O) groups excluding carboxylic acids is 3. The van der Waals surface area contributed by atoms with Gasteiger partial charge in [-0.25, -0.2) is 0 Å². The molecule has 0 radical (unpaired) electrons. The van der Waals surface area contributed by atoms with Gasteiger partial charge < -0.3 is 10.6 Å². The first-order valence-corrected chi connectivity index (χ1v) is 9.45. The van der Waals surface area contributed by atoms with Gasteiger partial charge in [0, 0.05) is 31.6 Å². The predicted octanol–water partition coefficient (Wildman–Crippen LogP) is 0.927. The van der Waals surface area contributed by atoms with Crippen molar-refractivity contribution in [2.45, 2.75) is 51.5 Å². The molecule has 3 heterocycles. The van der Waals surface area contributed by atoms with Crippen molar-refractivity contribution in [3.05, 3.63) is 21.9 Å². The SMILES string of the molecule is CC(=O)c1ccc(C(=O)NC2CCN(C3NC(=O)CC(C)N3)CC2)s1. The Labute approximate surface area is 151 Å². The van der Waals surface area contributed by atoms with Crippen molar-refractivity contribution in [3.8, 4) is 0 Å². The van der Waals surface area contributed by atoms with E-state index < -0.39 is 0 Å². The summed E-state index contributed by atoms with van der Waals surface area (Å²) in [6, 6.07) is 3.69. The van der Waals surface area contributed by atoms with Crippen molar-refractivity contribution in [3.63, 3.8) is 0 Å². The zero-order valence-electron chi connectivity index (χ0n) is 14.5. The fourth-order valence-electron chi connectivity index (χ4n) is 3.26. The highest BCUT2D eigenvalue weighted by Gasteiger charge is 2.31. The second-order valence-corrected chi connectivity index (χ2v) is 7.83. The Morgan fingerprint density at radius 1 is 1.24 bits per heavy atom. The molecule has 2 unspecified atom stereocenters. The molecule has 2 aliphatic heterocycles. The summed E-state index contributed by atoms with van der Waals surface area (Å²) in [4.78, 5) is 38.7. The summed E-state index contributed by atoms with van der Waals surface area (Å²) in [5.74, 6) is -0.0621. The van der Waals surface area contributed by atoms with Gasteiger partial charge in [0.2, 0.25) is 5.91 Å². The van der Waals surface area contributed by atoms with Gasteiger partial charge in [-0.15, -0.1) is 11.3 Å². The van der Waals surface area contributed by atoms with Crippen LogP contribution in [0.2, 0.25) is 0 Å². The summed E-state index contributed by atoms with van der Waals surface area (Å²) >= 11 is 1.23. The Morgan fingerprint density at radius 3 is 2.52 bits per heavy atom. The minimum Gasteiger partial charge on any atom is -0.349 e. The molecule has 25 heavy (non-hydrogen) atoms. The highest BCUT2D eigenvalue weighted by atomic mass is 32.1. The molecule has 2 fully saturated rings. The highest BCUT2D eigenvalue weighted by molar-refractivity contribution is 7.15. The molecule has 8 heteroatoms. The molecule has 136 valence electrons. The van der Waals surface area contributed by atoms with Crippen molar-refractivity contribution in [1.82, 2.24) is 20.9 Å². The number of rotatable bonds is 4. The Hall–Kier alpha value is -1.77. The summed E-state index contributed by atoms with van der Waals surface area (Å²) < 4.78 is 0. The van der Waals surface area contributed by atoms with E-state index >= 15 is 0 Å². The third-order valence-corrected chi connectivity index (χ3v) is 5.82. The van der Waals surface area contributed by atoms with Gasteiger partial charge in [0.05, 0.1) is 9.75 Å². The Balaban J connectivity index is 1.49. The number of amides is 2. The number of Topliss-reactive ketones (excluding diaryl/α,β-unsaturated/α-hetero) is 1. The molecular formula is C17H24N4O3S. The summed E-state index contributed by atoms with van der Waals surface area (Å²) in [6.07, 6.45) is 2.05. The van der Waals surface area contributed by atoms with E-state index in [0.29, 0.717) is 16.2 Å². The second-order valence-electron chi connectivity index (χ2n) is 6.75. The van der Waals surface area contributed by atoms with E-state index in [-0.39, 0.29) is 36.0 Å². The van der Waals surface area contributed by atoms with Gasteiger partial charge in [-0.2, -0.15) is 0 Å². The van der Waals surface area contributed by atoms with E-state index in [2.05, 4.69) is 20.9 Å². The van der Waals surface area contributed by atoms with Crippen LogP contribution in [0.3, 0.4) is 0 Å². The van der Waals surface area contributed by atoms with Crippen LogP contribution in [-0.2, 0) is 4.79 Å². The number of nitrogens with one attached hydrogen (secondary N) is 3. The quantitative estimate of drug-likeness (QED) is 0.692. The molecule has 2 saturated heterocycles. The number of ketones is 1. The molecule has 2 aliphatic rings. The van der Waals surface area contributed by atoms with E-state index in [1.54, 1.807) is 12.1 Å². The van der Waals surface area contributed by atoms with E-state index in [1.165, 1.54) is 18.3 Å². The molecule has 1 aromatic rings. The topological polar surface area (TPSA) is 90.5 Å². The molecule has 0 spiro atoms. The van der Waals surface area contributed by atoms with Gasteiger partial charge >= 0.3 is 0 Å². The lowest BCUT2D eigenvalue weighted by molar-refractivity contribution is -0.127.